The van der Waals surface area contributed by atoms with Gasteiger partial charge in [-0.15, -0.1) is 0 Å². The number of aromatic amines is 1. The van der Waals surface area contributed by atoms with Crippen LogP contribution in [0.5, 0.6) is 0 Å². The quantitative estimate of drug-likeness (QED) is 0.592. The summed E-state index contributed by atoms with van der Waals surface area (Å²) < 4.78 is 15.2. The van der Waals surface area contributed by atoms with Crippen LogP contribution in [0, 0.1) is 0 Å². The minimum absolute atomic E-state index is 0.0620. The third-order valence-corrected chi connectivity index (χ3v) is 5.94. The smallest absolute Gasteiger partial charge is 0.438 e. The lowest BCUT2D eigenvalue weighted by molar-refractivity contribution is -0.139. The van der Waals surface area contributed by atoms with E-state index in [2.05, 4.69) is 26.8 Å². The Labute approximate surface area is 182 Å². The Kier molecular flexibility index (Phi) is 5.22. The van der Waals surface area contributed by atoms with Crippen LogP contribution in [-0.2, 0) is 20.7 Å². The zero-order chi connectivity index (χ0) is 22.1. The number of benzene rings is 2. The Morgan fingerprint density at radius 2 is 1.78 bits per heavy atom. The van der Waals surface area contributed by atoms with Gasteiger partial charge in [-0.05, 0) is 35.1 Å². The van der Waals surface area contributed by atoms with E-state index in [9.17, 15) is 14.4 Å². The molecule has 0 bridgehead atoms. The van der Waals surface area contributed by atoms with E-state index < -0.39 is 23.9 Å². The number of carbonyl (C=O) groups excluding carboxylic acids is 2. The topological polar surface area (TPSA) is 115 Å². The molecule has 0 radical (unpaired) electrons. The molecule has 9 nitrogen and oxygen atoms in total. The van der Waals surface area contributed by atoms with E-state index in [-0.39, 0.29) is 19.3 Å². The number of rotatable bonds is 6. The van der Waals surface area contributed by atoms with Crippen LogP contribution in [0.4, 0.5) is 4.79 Å². The molecule has 1 aromatic heterocycles. The van der Waals surface area contributed by atoms with Crippen LogP contribution >= 0.6 is 0 Å². The van der Waals surface area contributed by atoms with Gasteiger partial charge in [0.15, 0.2) is 12.6 Å². The minimum atomic E-state index is -0.732. The Morgan fingerprint density at radius 1 is 1.09 bits per heavy atom. The minimum Gasteiger partial charge on any atom is -0.448 e. The standard InChI is InChI=1S/C23H21N3O6/c27-21-19(10-5-11-20-24-22(28)32-25-20)26(13-31-21)23(29)30-12-18-16-8-3-1-6-14(16)15-7-2-4-9-17(15)18/h1-4,6-9,18-19H,5,10-13H2,(H,24,25,28)/t19-/m0/s1. The Balaban J connectivity index is 1.23. The highest BCUT2D eigenvalue weighted by molar-refractivity contribution is 5.84. The number of H-pyrrole nitrogens is 1. The summed E-state index contributed by atoms with van der Waals surface area (Å²) in [6.07, 6.45) is 0.694. The Hall–Kier alpha value is -3.88. The first-order valence-corrected chi connectivity index (χ1v) is 10.4. The van der Waals surface area contributed by atoms with Gasteiger partial charge in [0.05, 0.1) is 0 Å². The monoisotopic (exact) mass is 435 g/mol. The molecular weight excluding hydrogens is 414 g/mol. The van der Waals surface area contributed by atoms with Crippen molar-refractivity contribution in [2.45, 2.75) is 31.2 Å². The summed E-state index contributed by atoms with van der Waals surface area (Å²) in [5.74, 6) is -0.755. The first kappa shape index (κ1) is 20.0. The SMILES string of the molecule is O=C1OCN(C(=O)OCC2c3ccccc3-c3ccccc32)[C@H]1CCCc1noc(=O)[nH]1. The summed E-state index contributed by atoms with van der Waals surface area (Å²) >= 11 is 0. The molecule has 3 aromatic rings. The van der Waals surface area contributed by atoms with Crippen molar-refractivity contribution in [2.75, 3.05) is 13.3 Å². The van der Waals surface area contributed by atoms with Crippen LogP contribution < -0.4 is 5.76 Å². The molecule has 5 rings (SSSR count). The highest BCUT2D eigenvalue weighted by atomic mass is 16.6. The number of nitrogens with zero attached hydrogens (tertiary/aromatic N) is 2. The zero-order valence-electron chi connectivity index (χ0n) is 17.2. The van der Waals surface area contributed by atoms with E-state index in [4.69, 9.17) is 9.47 Å². The molecule has 2 heterocycles. The second kappa shape index (κ2) is 8.33. The largest absolute Gasteiger partial charge is 0.448 e. The molecule has 1 atom stereocenters. The molecular formula is C23H21N3O6. The van der Waals surface area contributed by atoms with Crippen LogP contribution in [0.2, 0.25) is 0 Å². The fraction of sp³-hybridized carbons (Fsp3) is 0.304. The molecule has 2 aliphatic rings. The van der Waals surface area contributed by atoms with Gasteiger partial charge in [-0.2, -0.15) is 0 Å². The first-order valence-electron chi connectivity index (χ1n) is 10.4. The molecule has 1 amide bonds. The van der Waals surface area contributed by atoms with E-state index in [1.165, 1.54) is 4.90 Å². The maximum atomic E-state index is 12.8. The van der Waals surface area contributed by atoms with Crippen molar-refractivity contribution >= 4 is 12.1 Å². The van der Waals surface area contributed by atoms with Gasteiger partial charge in [-0.1, -0.05) is 53.7 Å². The van der Waals surface area contributed by atoms with Crippen molar-refractivity contribution in [1.82, 2.24) is 15.0 Å². The fourth-order valence-electron chi connectivity index (χ4n) is 4.41. The van der Waals surface area contributed by atoms with Crippen molar-refractivity contribution in [2.24, 2.45) is 0 Å². The normalized spacial score (nSPS) is 17.2. The second-order valence-corrected chi connectivity index (χ2v) is 7.82. The van der Waals surface area contributed by atoms with E-state index in [0.717, 1.165) is 22.3 Å². The molecule has 1 aliphatic carbocycles. The predicted octanol–water partition coefficient (Wildman–Crippen LogP) is 2.82. The zero-order valence-corrected chi connectivity index (χ0v) is 17.2. The van der Waals surface area contributed by atoms with Crippen molar-refractivity contribution in [1.29, 1.82) is 0 Å². The van der Waals surface area contributed by atoms with Gasteiger partial charge in [0.25, 0.3) is 0 Å². The summed E-state index contributed by atoms with van der Waals surface area (Å²) in [6, 6.07) is 15.5. The summed E-state index contributed by atoms with van der Waals surface area (Å²) in [7, 11) is 0. The Morgan fingerprint density at radius 3 is 2.44 bits per heavy atom. The van der Waals surface area contributed by atoms with Crippen molar-refractivity contribution in [3.05, 3.63) is 76.0 Å². The molecule has 0 saturated carbocycles. The highest BCUT2D eigenvalue weighted by Crippen LogP contribution is 2.44. The van der Waals surface area contributed by atoms with Gasteiger partial charge >= 0.3 is 17.8 Å². The average molecular weight is 435 g/mol. The maximum Gasteiger partial charge on any atom is 0.438 e. The highest BCUT2D eigenvalue weighted by Gasteiger charge is 2.39. The summed E-state index contributed by atoms with van der Waals surface area (Å²) in [5.41, 5.74) is 4.53. The third kappa shape index (κ3) is 3.66. The van der Waals surface area contributed by atoms with Crippen molar-refractivity contribution in [3.8, 4) is 11.1 Å². The number of hydrogen-bond acceptors (Lipinski definition) is 7. The molecule has 32 heavy (non-hydrogen) atoms. The van der Waals surface area contributed by atoms with E-state index in [0.29, 0.717) is 25.1 Å². The first-order chi connectivity index (χ1) is 15.6. The lowest BCUT2D eigenvalue weighted by Gasteiger charge is -2.21. The molecule has 9 heteroatoms. The van der Waals surface area contributed by atoms with E-state index in [1.807, 2.05) is 36.4 Å². The second-order valence-electron chi connectivity index (χ2n) is 7.82. The Bertz CT molecular complexity index is 1170. The number of esters is 1. The number of fused-ring (bicyclic) bond motifs is 3. The van der Waals surface area contributed by atoms with Gasteiger partial charge in [-0.25, -0.2) is 14.4 Å². The fourth-order valence-corrected chi connectivity index (χ4v) is 4.41. The molecule has 1 N–H and O–H groups in total. The van der Waals surface area contributed by atoms with Crippen LogP contribution in [0.1, 0.15) is 35.7 Å². The number of nitrogens with one attached hydrogen (secondary N) is 1. The van der Waals surface area contributed by atoms with Crippen LogP contribution in [0.15, 0.2) is 57.8 Å². The molecule has 2 aromatic carbocycles. The number of ether oxygens (including phenoxy) is 2. The molecule has 1 saturated heterocycles. The number of carbonyl (C=O) groups is 2. The number of cyclic esters (lactones) is 1. The number of aryl methyl sites for hydroxylation is 1. The maximum absolute atomic E-state index is 12.8. The van der Waals surface area contributed by atoms with Crippen molar-refractivity contribution < 1.29 is 23.6 Å². The number of amides is 1. The molecule has 0 spiro atoms. The van der Waals surface area contributed by atoms with Gasteiger partial charge in [0.2, 0.25) is 0 Å². The number of hydrogen-bond donors (Lipinski definition) is 1. The van der Waals surface area contributed by atoms with Crippen LogP contribution in [-0.4, -0.2) is 46.5 Å². The summed E-state index contributed by atoms with van der Waals surface area (Å²) in [6.45, 7) is 0.0331. The number of aromatic nitrogens is 2. The van der Waals surface area contributed by atoms with Gasteiger partial charge in [0, 0.05) is 12.3 Å². The molecule has 1 fully saturated rings. The van der Waals surface area contributed by atoms with E-state index >= 15 is 0 Å². The van der Waals surface area contributed by atoms with Gasteiger partial charge in [-0.3, -0.25) is 14.4 Å². The third-order valence-electron chi connectivity index (χ3n) is 5.94. The van der Waals surface area contributed by atoms with Gasteiger partial charge in [0.1, 0.15) is 12.6 Å². The van der Waals surface area contributed by atoms with E-state index in [1.54, 1.807) is 0 Å². The summed E-state index contributed by atoms with van der Waals surface area (Å²) in [5, 5.41) is 3.60. The molecule has 164 valence electrons. The summed E-state index contributed by atoms with van der Waals surface area (Å²) in [4.78, 5) is 39.8. The van der Waals surface area contributed by atoms with Gasteiger partial charge < -0.3 is 9.47 Å². The molecule has 0 unspecified atom stereocenters. The average Bonchev–Trinajstić information content (AvgIpc) is 3.48. The van der Waals surface area contributed by atoms with Crippen LogP contribution in [0.3, 0.4) is 0 Å². The predicted molar refractivity (Wildman–Crippen MR) is 112 cm³/mol. The molecule has 1 aliphatic heterocycles. The van der Waals surface area contributed by atoms with Crippen LogP contribution in [0.25, 0.3) is 11.1 Å². The lowest BCUT2D eigenvalue weighted by atomic mass is 9.98. The van der Waals surface area contributed by atoms with Crippen molar-refractivity contribution in [3.63, 3.8) is 0 Å². The lowest BCUT2D eigenvalue weighted by Crippen LogP contribution is -2.39.